The summed E-state index contributed by atoms with van der Waals surface area (Å²) in [5.74, 6) is 0.959. The fourth-order valence-corrected chi connectivity index (χ4v) is 24.7. The number of para-hydroxylation sites is 6. The number of nitrogens with zero attached hydrogens (tertiary/aromatic N) is 6. The Morgan fingerprint density at radius 2 is 0.636 bits per heavy atom. The molecule has 6 aliphatic carbocycles. The lowest BCUT2D eigenvalue weighted by molar-refractivity contribution is 0.0144. The van der Waals surface area contributed by atoms with Gasteiger partial charge >= 0.3 is 0 Å². The van der Waals surface area contributed by atoms with E-state index in [0.29, 0.717) is 28.2 Å². The summed E-state index contributed by atoms with van der Waals surface area (Å²) >= 11 is 0. The maximum atomic E-state index is 12.3. The van der Waals surface area contributed by atoms with E-state index in [2.05, 4.69) is 84.2 Å². The standard InChI is InChI=1S/C114H129BN6/c1-112(2,3)80-66-93(76-38-18-10-19-39-76)110(94(67-80)77-40-20-11-21-41-77)120-105-74-89(118-101-56-36-34-54-91(101)97-72-87(60-64-103(97)118)116(83-46-26-14-27-47-83)84-48-28-15-29-49-84)58-62-99(105)115-100-63-59-90(119-102-57-37-35-55-92(102)98-73-88(61-65-104(98)119)117(85-50-30-16-31-51-85)86-52-32-17-33-53-86)75-106(100)121(108-71-82(114(7,8)9)70-107(120)109(108)115)111-95(78-42-22-12-23-43-78)68-81(113(4,5)6)69-96(111)79-44-24-13-25-45-79/h14-17,26-37,46-65,70-81,93-96,110-111H,10-13,18-25,38-45,66-69H2,1-9H3/i34D,35D,36D,37D,54D,55D,56D,57D,58D,59D,60D,61D,62D,63D,64D,65D,72D,73D,74D,75D. The van der Waals surface area contributed by atoms with Gasteiger partial charge in [-0.1, -0.05) is 312 Å². The summed E-state index contributed by atoms with van der Waals surface area (Å²) < 4.78 is 219. The predicted molar refractivity (Wildman–Crippen MR) is 517 cm³/mol. The number of anilines is 10. The summed E-state index contributed by atoms with van der Waals surface area (Å²) in [4.78, 5) is 8.38. The van der Waals surface area contributed by atoms with Gasteiger partial charge in [0.25, 0.3) is 6.71 Å². The van der Waals surface area contributed by atoms with E-state index in [4.69, 9.17) is 0 Å². The summed E-state index contributed by atoms with van der Waals surface area (Å²) in [6.07, 6.45) is 23.5. The quantitative estimate of drug-likeness (QED) is 0.101. The van der Waals surface area contributed by atoms with Crippen molar-refractivity contribution in [3.63, 3.8) is 0 Å². The second-order valence-electron chi connectivity index (χ2n) is 40.6. The third-order valence-corrected chi connectivity index (χ3v) is 30.8. The van der Waals surface area contributed by atoms with Gasteiger partial charge in [0.15, 0.2) is 0 Å². The Bertz CT molecular complexity index is 6600. The smallest absolute Gasteiger partial charge is 0.252 e. The van der Waals surface area contributed by atoms with Crippen molar-refractivity contribution < 1.29 is 27.4 Å². The van der Waals surface area contributed by atoms with Gasteiger partial charge in [-0.15, -0.1) is 0 Å². The SMILES string of the molecule is [2H]c1c([2H])c(-n2c3c([2H])c([2H])c([2H])c([2H])c3c3c([2H])c(N(c4ccccc4)c4ccccc4)c([2H])c([2H])c32)c([2H])c2c1B1c3c(cc(C(C)(C)C)cc3N(C3C(C4CCCCC4)CC(C(C)(C)C)CC3C3CCCCC3)c3c([2H])c(-n4c5c([2H])c([2H])c([2H])c([2H])c5c5c([2H])c(N(c6ccccc6)c6ccccc6)c([2H])c([2H])c54)c([2H])c([2H])c31)N2C1C(C2CCCCC2)CC(C(C)(C)C)CC1C1CCCCC1. The molecule has 11 aromatic carbocycles. The van der Waals surface area contributed by atoms with Crippen LogP contribution in [0.15, 0.2) is 254 Å². The Hall–Kier alpha value is -9.72. The molecule has 6 nitrogen and oxygen atoms in total. The molecular weight excluding hydrogens is 1460 g/mol. The van der Waals surface area contributed by atoms with Gasteiger partial charge in [0, 0.05) is 102 Å². The summed E-state index contributed by atoms with van der Waals surface area (Å²) in [6.45, 7) is 19.6. The third kappa shape index (κ3) is 14.2. The molecule has 4 heterocycles. The van der Waals surface area contributed by atoms with E-state index in [1.807, 2.05) is 121 Å². The van der Waals surface area contributed by atoms with Gasteiger partial charge in [-0.25, -0.2) is 0 Å². The second kappa shape index (κ2) is 31.9. The van der Waals surface area contributed by atoms with Gasteiger partial charge in [-0.2, -0.15) is 0 Å². The van der Waals surface area contributed by atoms with E-state index in [-0.39, 0.29) is 183 Å². The van der Waals surface area contributed by atoms with E-state index in [0.717, 1.165) is 171 Å². The van der Waals surface area contributed by atoms with Crippen molar-refractivity contribution in [2.24, 2.45) is 70.0 Å². The zero-order valence-corrected chi connectivity index (χ0v) is 72.4. The summed E-state index contributed by atoms with van der Waals surface area (Å²) in [5.41, 5.74) is 3.22. The van der Waals surface area contributed by atoms with Gasteiger partial charge in [-0.3, -0.25) is 0 Å². The zero-order chi connectivity index (χ0) is 99.4. The Morgan fingerprint density at radius 3 is 0.950 bits per heavy atom. The fraction of sp³-hybridized carbons (Fsp3) is 0.421. The van der Waals surface area contributed by atoms with E-state index in [1.165, 1.54) is 9.13 Å². The van der Waals surface area contributed by atoms with Gasteiger partial charge in [0.1, 0.15) is 0 Å². The highest BCUT2D eigenvalue weighted by Crippen LogP contribution is 2.60. The predicted octanol–water partition coefficient (Wildman–Crippen LogP) is 30.0. The first kappa shape index (κ1) is 59.1. The average Bonchev–Trinajstić information content (AvgIpc) is 1.65. The molecule has 8 aliphatic rings. The molecule has 0 bridgehead atoms. The highest BCUT2D eigenvalue weighted by atomic mass is 15.2. The highest BCUT2D eigenvalue weighted by Gasteiger charge is 2.57. The normalized spacial score (nSPS) is 25.2. The van der Waals surface area contributed by atoms with Crippen LogP contribution in [0.2, 0.25) is 0 Å². The second-order valence-corrected chi connectivity index (χ2v) is 40.6. The fourth-order valence-electron chi connectivity index (χ4n) is 24.7. The number of aromatic nitrogens is 2. The topological polar surface area (TPSA) is 22.8 Å². The van der Waals surface area contributed by atoms with Crippen LogP contribution in [0.5, 0.6) is 0 Å². The van der Waals surface area contributed by atoms with Crippen molar-refractivity contribution in [3.8, 4) is 11.4 Å². The van der Waals surface area contributed by atoms with Crippen molar-refractivity contribution in [2.45, 2.75) is 234 Å². The lowest BCUT2D eigenvalue weighted by Gasteiger charge is -2.59. The van der Waals surface area contributed by atoms with Crippen LogP contribution >= 0.6 is 0 Å². The first-order valence-electron chi connectivity index (χ1n) is 56.3. The minimum absolute atomic E-state index is 0.0610. The number of hydrogen-bond donors (Lipinski definition) is 0. The Labute approximate surface area is 751 Å². The molecular formula is C114H129BN6. The molecule has 21 rings (SSSR count). The Kier molecular flexibility index (Phi) is 15.6. The molecule has 13 aromatic rings. The van der Waals surface area contributed by atoms with Crippen LogP contribution in [0.3, 0.4) is 0 Å². The van der Waals surface area contributed by atoms with Crippen molar-refractivity contribution in [1.29, 1.82) is 0 Å². The number of rotatable bonds is 14. The van der Waals surface area contributed by atoms with Crippen LogP contribution in [-0.2, 0) is 5.41 Å². The number of benzene rings is 11. The molecule has 0 spiro atoms. The Morgan fingerprint density at radius 1 is 0.322 bits per heavy atom. The van der Waals surface area contributed by atoms with Crippen LogP contribution in [0, 0.1) is 70.0 Å². The van der Waals surface area contributed by atoms with E-state index in [9.17, 15) is 27.4 Å². The van der Waals surface area contributed by atoms with E-state index in [1.54, 1.807) is 9.80 Å². The van der Waals surface area contributed by atoms with Crippen LogP contribution in [-0.4, -0.2) is 27.9 Å². The largest absolute Gasteiger partial charge is 0.339 e. The van der Waals surface area contributed by atoms with Crippen molar-refractivity contribution in [2.75, 3.05) is 19.6 Å². The molecule has 0 N–H and O–H groups in total. The zero-order valence-electron chi connectivity index (χ0n) is 92.4. The van der Waals surface area contributed by atoms with Crippen LogP contribution in [0.1, 0.15) is 249 Å². The molecule has 0 radical (unpaired) electrons. The summed E-state index contributed by atoms with van der Waals surface area (Å²) in [6, 6.07) is 30.3. The molecule has 4 atom stereocenters. The minimum atomic E-state index is -1.39. The van der Waals surface area contributed by atoms with Crippen molar-refractivity contribution in [1.82, 2.24) is 9.13 Å². The van der Waals surface area contributed by atoms with Gasteiger partial charge in [0.2, 0.25) is 0 Å². The lowest BCUT2D eigenvalue weighted by atomic mass is 9.33. The first-order chi connectivity index (χ1) is 67.3. The van der Waals surface area contributed by atoms with Crippen LogP contribution in [0.4, 0.5) is 56.9 Å². The van der Waals surface area contributed by atoms with Gasteiger partial charge < -0.3 is 28.7 Å². The van der Waals surface area contributed by atoms with E-state index < -0.39 is 121 Å². The number of fused-ring (bicyclic) bond motifs is 10. The number of hydrogen-bond acceptors (Lipinski definition) is 4. The van der Waals surface area contributed by atoms with E-state index >= 15 is 0 Å². The third-order valence-electron chi connectivity index (χ3n) is 30.8. The van der Waals surface area contributed by atoms with Crippen LogP contribution < -0.4 is 36.0 Å². The minimum Gasteiger partial charge on any atom is -0.339 e. The molecule has 0 saturated heterocycles. The molecule has 618 valence electrons. The Balaban J connectivity index is 0.953. The van der Waals surface area contributed by atoms with Gasteiger partial charge in [0.05, 0.1) is 49.5 Å². The first-order valence-corrected chi connectivity index (χ1v) is 46.3. The maximum Gasteiger partial charge on any atom is 0.252 e. The molecule has 7 heteroatoms. The molecule has 0 amide bonds. The molecule has 4 unspecified atom stereocenters. The van der Waals surface area contributed by atoms with Crippen molar-refractivity contribution >= 4 is 124 Å². The van der Waals surface area contributed by atoms with Crippen LogP contribution in [0.25, 0.3) is 55.0 Å². The van der Waals surface area contributed by atoms with Gasteiger partial charge in [-0.05, 0) is 256 Å². The maximum absolute atomic E-state index is 12.3. The highest BCUT2D eigenvalue weighted by molar-refractivity contribution is 7.00. The summed E-state index contributed by atoms with van der Waals surface area (Å²) in [5, 5.41) is -0.608. The molecule has 6 fully saturated rings. The monoisotopic (exact) mass is 1610 g/mol. The summed E-state index contributed by atoms with van der Waals surface area (Å²) in [7, 11) is 0. The van der Waals surface area contributed by atoms with Crippen molar-refractivity contribution in [3.05, 3.63) is 260 Å². The molecule has 2 aromatic heterocycles. The average molecular weight is 1610 g/mol. The lowest BCUT2D eigenvalue weighted by Crippen LogP contribution is -2.67. The molecule has 6 saturated carbocycles. The molecule has 2 aliphatic heterocycles. The molecule has 121 heavy (non-hydrogen) atoms.